The Labute approximate surface area is 110 Å². The van der Waals surface area contributed by atoms with E-state index >= 15 is 0 Å². The van der Waals surface area contributed by atoms with Crippen molar-refractivity contribution in [3.05, 3.63) is 0 Å². The Morgan fingerprint density at radius 1 is 1.29 bits per heavy atom. The third-order valence-electron chi connectivity index (χ3n) is 3.86. The van der Waals surface area contributed by atoms with Gasteiger partial charge >= 0.3 is 6.03 Å². The summed E-state index contributed by atoms with van der Waals surface area (Å²) < 4.78 is 0. The van der Waals surface area contributed by atoms with Crippen molar-refractivity contribution in [1.82, 2.24) is 15.5 Å². The SMILES string of the molecule is CC(C)NC(=O)N1CCC2(CCNC2)CC1.Cl. The van der Waals surface area contributed by atoms with Gasteiger partial charge in [-0.3, -0.25) is 0 Å². The summed E-state index contributed by atoms with van der Waals surface area (Å²) in [5, 5.41) is 6.40. The van der Waals surface area contributed by atoms with Crippen LogP contribution in [0.15, 0.2) is 0 Å². The average molecular weight is 262 g/mol. The number of rotatable bonds is 1. The molecule has 1 spiro atoms. The second-order valence-corrected chi connectivity index (χ2v) is 5.52. The Bertz CT molecular complexity index is 254. The predicted octanol–water partition coefficient (Wildman–Crippen LogP) is 1.60. The number of hydrogen-bond donors (Lipinski definition) is 2. The first-order valence-corrected chi connectivity index (χ1v) is 6.37. The Balaban J connectivity index is 0.00000144. The Morgan fingerprint density at radius 3 is 2.41 bits per heavy atom. The van der Waals surface area contributed by atoms with Crippen LogP contribution in [0.25, 0.3) is 0 Å². The number of halogens is 1. The van der Waals surface area contributed by atoms with E-state index in [2.05, 4.69) is 10.6 Å². The Morgan fingerprint density at radius 2 is 1.94 bits per heavy atom. The van der Waals surface area contributed by atoms with Crippen molar-refractivity contribution in [3.8, 4) is 0 Å². The minimum atomic E-state index is 0. The first-order chi connectivity index (χ1) is 7.61. The summed E-state index contributed by atoms with van der Waals surface area (Å²) in [6.07, 6.45) is 3.60. The quantitative estimate of drug-likeness (QED) is 0.753. The lowest BCUT2D eigenvalue weighted by Crippen LogP contribution is -2.49. The van der Waals surface area contributed by atoms with Crippen LogP contribution in [0.2, 0.25) is 0 Å². The molecule has 2 N–H and O–H groups in total. The molecule has 2 aliphatic rings. The Kier molecular flexibility index (Phi) is 5.07. The minimum Gasteiger partial charge on any atom is -0.336 e. The van der Waals surface area contributed by atoms with E-state index in [-0.39, 0.29) is 24.5 Å². The summed E-state index contributed by atoms with van der Waals surface area (Å²) in [5.41, 5.74) is 0.495. The van der Waals surface area contributed by atoms with Crippen molar-refractivity contribution in [2.24, 2.45) is 5.41 Å². The maximum atomic E-state index is 11.8. The van der Waals surface area contributed by atoms with Gasteiger partial charge in [0.25, 0.3) is 0 Å². The molecule has 0 radical (unpaired) electrons. The van der Waals surface area contributed by atoms with E-state index in [0.29, 0.717) is 5.41 Å². The molecule has 2 aliphatic heterocycles. The van der Waals surface area contributed by atoms with Gasteiger partial charge in [0.1, 0.15) is 0 Å². The van der Waals surface area contributed by atoms with E-state index in [0.717, 1.165) is 39.0 Å². The van der Waals surface area contributed by atoms with Gasteiger partial charge in [-0.1, -0.05) is 0 Å². The standard InChI is InChI=1S/C12H23N3O.ClH/c1-10(2)14-11(16)15-7-4-12(5-8-15)3-6-13-9-12;/h10,13H,3-9H2,1-2H3,(H,14,16);1H. The molecule has 2 saturated heterocycles. The maximum Gasteiger partial charge on any atom is 0.317 e. The number of carbonyl (C=O) groups excluding carboxylic acids is 1. The van der Waals surface area contributed by atoms with Crippen molar-refractivity contribution in [2.75, 3.05) is 26.2 Å². The molecular formula is C12H24ClN3O. The summed E-state index contributed by atoms with van der Waals surface area (Å²) in [7, 11) is 0. The van der Waals surface area contributed by atoms with Crippen molar-refractivity contribution in [3.63, 3.8) is 0 Å². The lowest BCUT2D eigenvalue weighted by Gasteiger charge is -2.39. The molecule has 0 aromatic rings. The van der Waals surface area contributed by atoms with Crippen LogP contribution in [0.4, 0.5) is 4.79 Å². The maximum absolute atomic E-state index is 11.8. The fraction of sp³-hybridized carbons (Fsp3) is 0.917. The van der Waals surface area contributed by atoms with Gasteiger partial charge in [-0.25, -0.2) is 4.79 Å². The van der Waals surface area contributed by atoms with E-state index in [1.54, 1.807) is 0 Å². The smallest absolute Gasteiger partial charge is 0.317 e. The number of urea groups is 1. The average Bonchev–Trinajstić information content (AvgIpc) is 2.66. The molecule has 0 aromatic carbocycles. The summed E-state index contributed by atoms with van der Waals surface area (Å²) in [5.74, 6) is 0. The summed E-state index contributed by atoms with van der Waals surface area (Å²) in [6.45, 7) is 8.14. The second kappa shape index (κ2) is 5.91. The molecule has 2 heterocycles. The molecule has 4 nitrogen and oxygen atoms in total. The largest absolute Gasteiger partial charge is 0.336 e. The number of nitrogens with one attached hydrogen (secondary N) is 2. The van der Waals surface area contributed by atoms with Gasteiger partial charge in [0.05, 0.1) is 0 Å². The van der Waals surface area contributed by atoms with Crippen LogP contribution in [0.3, 0.4) is 0 Å². The zero-order valence-electron chi connectivity index (χ0n) is 10.8. The molecule has 0 unspecified atom stereocenters. The number of carbonyl (C=O) groups is 1. The van der Waals surface area contributed by atoms with E-state index in [1.807, 2.05) is 18.7 Å². The molecule has 0 aromatic heterocycles. The fourth-order valence-corrected chi connectivity index (χ4v) is 2.74. The molecule has 2 rings (SSSR count). The van der Waals surface area contributed by atoms with Crippen molar-refractivity contribution >= 4 is 18.4 Å². The van der Waals surface area contributed by atoms with Crippen LogP contribution in [-0.4, -0.2) is 43.2 Å². The van der Waals surface area contributed by atoms with E-state index in [9.17, 15) is 4.79 Å². The first-order valence-electron chi connectivity index (χ1n) is 6.37. The first kappa shape index (κ1) is 14.6. The van der Waals surface area contributed by atoms with Gasteiger partial charge in [-0.2, -0.15) is 0 Å². The van der Waals surface area contributed by atoms with Gasteiger partial charge in [-0.15, -0.1) is 12.4 Å². The molecule has 17 heavy (non-hydrogen) atoms. The summed E-state index contributed by atoms with van der Waals surface area (Å²) in [6, 6.07) is 0.340. The highest BCUT2D eigenvalue weighted by molar-refractivity contribution is 5.85. The highest BCUT2D eigenvalue weighted by Gasteiger charge is 2.37. The molecular weight excluding hydrogens is 238 g/mol. The topological polar surface area (TPSA) is 44.4 Å². The number of likely N-dealkylation sites (tertiary alicyclic amines) is 1. The van der Waals surface area contributed by atoms with Crippen LogP contribution >= 0.6 is 12.4 Å². The van der Waals surface area contributed by atoms with E-state index < -0.39 is 0 Å². The van der Waals surface area contributed by atoms with Gasteiger partial charge in [-0.05, 0) is 45.1 Å². The number of nitrogens with zero attached hydrogens (tertiary/aromatic N) is 1. The van der Waals surface area contributed by atoms with Gasteiger partial charge in [0.2, 0.25) is 0 Å². The van der Waals surface area contributed by atoms with Crippen molar-refractivity contribution in [1.29, 1.82) is 0 Å². The molecule has 0 bridgehead atoms. The van der Waals surface area contributed by atoms with Crippen LogP contribution in [-0.2, 0) is 0 Å². The number of piperidine rings is 1. The lowest BCUT2D eigenvalue weighted by molar-refractivity contribution is 0.128. The molecule has 2 fully saturated rings. The minimum absolute atomic E-state index is 0. The van der Waals surface area contributed by atoms with Gasteiger partial charge in [0.15, 0.2) is 0 Å². The van der Waals surface area contributed by atoms with Crippen LogP contribution in [0.1, 0.15) is 33.1 Å². The van der Waals surface area contributed by atoms with Crippen molar-refractivity contribution in [2.45, 2.75) is 39.2 Å². The normalized spacial score (nSPS) is 22.6. The highest BCUT2D eigenvalue weighted by Crippen LogP contribution is 2.36. The van der Waals surface area contributed by atoms with E-state index in [4.69, 9.17) is 0 Å². The summed E-state index contributed by atoms with van der Waals surface area (Å²) in [4.78, 5) is 13.8. The third-order valence-corrected chi connectivity index (χ3v) is 3.86. The summed E-state index contributed by atoms with van der Waals surface area (Å²) >= 11 is 0. The van der Waals surface area contributed by atoms with Crippen molar-refractivity contribution < 1.29 is 4.79 Å². The lowest BCUT2D eigenvalue weighted by atomic mass is 9.78. The van der Waals surface area contributed by atoms with Gasteiger partial charge < -0.3 is 15.5 Å². The van der Waals surface area contributed by atoms with Crippen LogP contribution in [0, 0.1) is 5.41 Å². The molecule has 0 atom stereocenters. The van der Waals surface area contributed by atoms with Gasteiger partial charge in [0, 0.05) is 25.7 Å². The van der Waals surface area contributed by atoms with Crippen LogP contribution in [0.5, 0.6) is 0 Å². The molecule has 100 valence electrons. The monoisotopic (exact) mass is 261 g/mol. The number of hydrogen-bond acceptors (Lipinski definition) is 2. The zero-order valence-corrected chi connectivity index (χ0v) is 11.6. The van der Waals surface area contributed by atoms with Crippen LogP contribution < -0.4 is 10.6 Å². The predicted molar refractivity (Wildman–Crippen MR) is 71.6 cm³/mol. The number of amides is 2. The fourth-order valence-electron chi connectivity index (χ4n) is 2.74. The van der Waals surface area contributed by atoms with E-state index in [1.165, 1.54) is 6.42 Å². The molecule has 0 aliphatic carbocycles. The Hall–Kier alpha value is -0.480. The zero-order chi connectivity index (χ0) is 11.6. The molecule has 2 amide bonds. The molecule has 5 heteroatoms. The molecule has 0 saturated carbocycles. The highest BCUT2D eigenvalue weighted by atomic mass is 35.5. The second-order valence-electron chi connectivity index (χ2n) is 5.52. The third kappa shape index (κ3) is 3.49.